The normalized spacial score (nSPS) is 13.4. The smallest absolute Gasteiger partial charge is 0.0647 e. The van der Waals surface area contributed by atoms with E-state index in [1.807, 2.05) is 11.3 Å². The zero-order chi connectivity index (χ0) is 23.8. The summed E-state index contributed by atoms with van der Waals surface area (Å²) < 4.78 is 7.38. The minimum Gasteiger partial charge on any atom is -0.312 e. The van der Waals surface area contributed by atoms with E-state index in [4.69, 9.17) is 0 Å². The Kier molecular flexibility index (Phi) is 4.40. The van der Waals surface area contributed by atoms with Gasteiger partial charge in [-0.25, -0.2) is 0 Å². The van der Waals surface area contributed by atoms with Gasteiger partial charge in [-0.1, -0.05) is 60.7 Å². The van der Waals surface area contributed by atoms with E-state index >= 15 is 0 Å². The molecule has 0 unspecified atom stereocenters. The Balaban J connectivity index is 1.57. The predicted octanol–water partition coefficient (Wildman–Crippen LogP) is 9.66. The molecule has 1 aliphatic carbocycles. The molecule has 0 atom stereocenters. The molecule has 2 nitrogen and oxygen atoms in total. The second kappa shape index (κ2) is 7.70. The number of fused-ring (bicyclic) bond motifs is 7. The number of halogens is 1. The molecule has 0 saturated heterocycles. The minimum absolute atomic E-state index is 1.04. The van der Waals surface area contributed by atoms with Crippen molar-refractivity contribution >= 4 is 76.1 Å². The van der Waals surface area contributed by atoms with Crippen molar-refractivity contribution in [1.82, 2.24) is 9.13 Å². The Morgan fingerprint density at radius 2 is 1.44 bits per heavy atom. The molecule has 172 valence electrons. The highest BCUT2D eigenvalue weighted by atomic mass is 79.9. The van der Waals surface area contributed by atoms with E-state index in [2.05, 4.69) is 128 Å². The van der Waals surface area contributed by atoms with Crippen LogP contribution in [0.2, 0.25) is 0 Å². The molecule has 0 radical (unpaired) electrons. The van der Waals surface area contributed by atoms with Gasteiger partial charge in [0.15, 0.2) is 0 Å². The molecule has 0 fully saturated rings. The van der Waals surface area contributed by atoms with Crippen LogP contribution in [0.1, 0.15) is 17.7 Å². The summed E-state index contributed by atoms with van der Waals surface area (Å²) in [4.78, 5) is 0. The van der Waals surface area contributed by atoms with Crippen LogP contribution in [0.3, 0.4) is 0 Å². The highest BCUT2D eigenvalue weighted by Gasteiger charge is 2.23. The molecule has 0 spiro atoms. The van der Waals surface area contributed by atoms with E-state index < -0.39 is 0 Å². The molecule has 7 aromatic rings. The second-order valence-corrected chi connectivity index (χ2v) is 11.2. The third-order valence-electron chi connectivity index (χ3n) is 7.53. The molecular weight excluding hydrogens is 524 g/mol. The number of rotatable bonds is 2. The summed E-state index contributed by atoms with van der Waals surface area (Å²) in [7, 11) is 0. The van der Waals surface area contributed by atoms with Gasteiger partial charge in [0, 0.05) is 47.4 Å². The first-order valence-corrected chi connectivity index (χ1v) is 14.0. The molecule has 0 N–H and O–H groups in total. The van der Waals surface area contributed by atoms with Crippen molar-refractivity contribution in [3.8, 4) is 11.4 Å². The van der Waals surface area contributed by atoms with Crippen molar-refractivity contribution in [2.24, 2.45) is 0 Å². The molecule has 3 aromatic heterocycles. The maximum absolute atomic E-state index is 3.84. The van der Waals surface area contributed by atoms with Crippen molar-refractivity contribution < 1.29 is 0 Å². The number of hydrogen-bond donors (Lipinski definition) is 0. The summed E-state index contributed by atoms with van der Waals surface area (Å²) in [5.41, 5.74) is 8.96. The van der Waals surface area contributed by atoms with Crippen molar-refractivity contribution in [3.05, 3.63) is 112 Å². The summed E-state index contributed by atoms with van der Waals surface area (Å²) in [5, 5.41) is 7.53. The Hall–Kier alpha value is -3.60. The van der Waals surface area contributed by atoms with Crippen LogP contribution < -0.4 is 0 Å². The number of benzene rings is 4. The topological polar surface area (TPSA) is 9.86 Å². The van der Waals surface area contributed by atoms with Gasteiger partial charge < -0.3 is 9.13 Å². The van der Waals surface area contributed by atoms with E-state index in [9.17, 15) is 0 Å². The van der Waals surface area contributed by atoms with Gasteiger partial charge in [0.1, 0.15) is 0 Å². The predicted molar refractivity (Wildman–Crippen MR) is 158 cm³/mol. The van der Waals surface area contributed by atoms with Crippen LogP contribution >= 0.6 is 27.3 Å². The highest BCUT2D eigenvalue weighted by Crippen LogP contribution is 2.42. The molecule has 36 heavy (non-hydrogen) atoms. The average Bonchev–Trinajstić information content (AvgIpc) is 3.58. The molecular formula is C32H21BrN2S. The molecule has 4 aromatic carbocycles. The summed E-state index contributed by atoms with van der Waals surface area (Å²) in [5.74, 6) is 0. The Bertz CT molecular complexity index is 2020. The van der Waals surface area contributed by atoms with Crippen LogP contribution in [0.25, 0.3) is 60.2 Å². The molecule has 1 aliphatic rings. The molecule has 0 saturated carbocycles. The quantitative estimate of drug-likeness (QED) is 0.205. The summed E-state index contributed by atoms with van der Waals surface area (Å²) in [6, 6.07) is 31.0. The highest BCUT2D eigenvalue weighted by molar-refractivity contribution is 9.10. The fraction of sp³-hybridized carbons (Fsp3) is 0.0625. The van der Waals surface area contributed by atoms with Gasteiger partial charge in [-0.15, -0.1) is 11.3 Å². The molecule has 8 rings (SSSR count). The van der Waals surface area contributed by atoms with Crippen LogP contribution in [0.4, 0.5) is 0 Å². The van der Waals surface area contributed by atoms with Crippen LogP contribution in [0.5, 0.6) is 0 Å². The van der Waals surface area contributed by atoms with Crippen molar-refractivity contribution in [3.63, 3.8) is 0 Å². The van der Waals surface area contributed by atoms with Crippen molar-refractivity contribution in [2.45, 2.75) is 12.8 Å². The lowest BCUT2D eigenvalue weighted by molar-refractivity contribution is 0.886. The number of aromatic nitrogens is 2. The van der Waals surface area contributed by atoms with E-state index in [0.717, 1.165) is 17.3 Å². The zero-order valence-electron chi connectivity index (χ0n) is 19.4. The third-order valence-corrected chi connectivity index (χ3v) is 9.15. The lowest BCUT2D eigenvalue weighted by atomic mass is 10.0. The van der Waals surface area contributed by atoms with Crippen LogP contribution in [-0.4, -0.2) is 9.13 Å². The standard InChI is InChI=1S/C32H21BrN2S/c33-25-12-4-7-15-28(25)34-26-13-5-1-9-20(26)23-17-24-21-10-2-6-14-27(21)35(30(24)18-29(23)34)31-19-36-32-16-8-3-11-22(31)32/h1-4,6-12,14-19H,5,13H2. The zero-order valence-corrected chi connectivity index (χ0v) is 21.8. The maximum Gasteiger partial charge on any atom is 0.0647 e. The first-order valence-electron chi connectivity index (χ1n) is 12.3. The Morgan fingerprint density at radius 3 is 2.36 bits per heavy atom. The van der Waals surface area contributed by atoms with Gasteiger partial charge in [0.05, 0.1) is 27.9 Å². The number of thiophene rings is 1. The van der Waals surface area contributed by atoms with Gasteiger partial charge in [-0.05, 0) is 65.2 Å². The maximum atomic E-state index is 3.84. The molecule has 0 bridgehead atoms. The van der Waals surface area contributed by atoms with E-state index in [1.165, 1.54) is 65.4 Å². The fourth-order valence-corrected chi connectivity index (χ4v) is 7.37. The first-order chi connectivity index (χ1) is 17.8. The number of nitrogens with zero attached hydrogens (tertiary/aromatic N) is 2. The van der Waals surface area contributed by atoms with Crippen LogP contribution in [0, 0.1) is 0 Å². The van der Waals surface area contributed by atoms with Gasteiger partial charge in [0.25, 0.3) is 0 Å². The molecule has 3 heterocycles. The number of allylic oxidation sites excluding steroid dienone is 1. The SMILES string of the molecule is Brc1ccccc1-n1c2c(c3cc4c5ccccc5n(-c5csc6ccccc56)c4cc31)C=CCC2. The van der Waals surface area contributed by atoms with Gasteiger partial charge >= 0.3 is 0 Å². The largest absolute Gasteiger partial charge is 0.312 e. The van der Waals surface area contributed by atoms with Crippen LogP contribution in [0.15, 0.2) is 101 Å². The summed E-state index contributed by atoms with van der Waals surface area (Å²) in [6.45, 7) is 0. The van der Waals surface area contributed by atoms with E-state index in [0.29, 0.717) is 0 Å². The summed E-state index contributed by atoms with van der Waals surface area (Å²) >= 11 is 5.66. The van der Waals surface area contributed by atoms with Gasteiger partial charge in [0.2, 0.25) is 0 Å². The van der Waals surface area contributed by atoms with Gasteiger partial charge in [-0.3, -0.25) is 0 Å². The minimum atomic E-state index is 1.04. The molecule has 0 amide bonds. The van der Waals surface area contributed by atoms with Crippen LogP contribution in [-0.2, 0) is 6.42 Å². The van der Waals surface area contributed by atoms with E-state index in [-0.39, 0.29) is 0 Å². The third kappa shape index (κ3) is 2.77. The lowest BCUT2D eigenvalue weighted by Gasteiger charge is -2.15. The fourth-order valence-electron chi connectivity index (χ4n) is 5.98. The Labute approximate surface area is 220 Å². The Morgan fingerprint density at radius 1 is 0.667 bits per heavy atom. The van der Waals surface area contributed by atoms with E-state index in [1.54, 1.807) is 0 Å². The number of para-hydroxylation sites is 2. The molecule has 0 aliphatic heterocycles. The first kappa shape index (κ1) is 20.6. The average molecular weight is 546 g/mol. The second-order valence-electron chi connectivity index (χ2n) is 9.44. The lowest BCUT2D eigenvalue weighted by Crippen LogP contribution is -2.03. The number of hydrogen-bond acceptors (Lipinski definition) is 1. The molecule has 4 heteroatoms. The van der Waals surface area contributed by atoms with Crippen molar-refractivity contribution in [1.29, 1.82) is 0 Å². The summed E-state index contributed by atoms with van der Waals surface area (Å²) in [6.07, 6.45) is 6.76. The van der Waals surface area contributed by atoms with Crippen molar-refractivity contribution in [2.75, 3.05) is 0 Å². The monoisotopic (exact) mass is 544 g/mol. The van der Waals surface area contributed by atoms with Gasteiger partial charge in [-0.2, -0.15) is 0 Å².